The van der Waals surface area contributed by atoms with Crippen LogP contribution in [0.5, 0.6) is 5.75 Å². The monoisotopic (exact) mass is 334 g/mol. The van der Waals surface area contributed by atoms with Crippen molar-refractivity contribution in [1.82, 2.24) is 14.8 Å². The van der Waals surface area contributed by atoms with Crippen molar-refractivity contribution in [2.24, 2.45) is 0 Å². The van der Waals surface area contributed by atoms with Crippen LogP contribution in [-0.4, -0.2) is 53.4 Å². The quantitative estimate of drug-likeness (QED) is 0.572. The summed E-state index contributed by atoms with van der Waals surface area (Å²) in [5.74, 6) is 2.69. The molecule has 23 heavy (non-hydrogen) atoms. The molecule has 0 aliphatic carbocycles. The Morgan fingerprint density at radius 1 is 1.17 bits per heavy atom. The van der Waals surface area contributed by atoms with Gasteiger partial charge in [0.2, 0.25) is 5.95 Å². The molecule has 0 unspecified atom stereocenters. The van der Waals surface area contributed by atoms with Gasteiger partial charge in [0.05, 0.1) is 19.8 Å². The molecule has 0 atom stereocenters. The van der Waals surface area contributed by atoms with Gasteiger partial charge in [-0.15, -0.1) is 10.2 Å². The van der Waals surface area contributed by atoms with E-state index in [4.69, 9.17) is 9.47 Å². The number of hydrogen-bond donors (Lipinski definition) is 0. The zero-order valence-corrected chi connectivity index (χ0v) is 14.2. The van der Waals surface area contributed by atoms with Gasteiger partial charge in [-0.2, -0.15) is 0 Å². The molecule has 1 aromatic carbocycles. The number of para-hydroxylation sites is 1. The van der Waals surface area contributed by atoms with Gasteiger partial charge in [-0.25, -0.2) is 0 Å². The van der Waals surface area contributed by atoms with Crippen molar-refractivity contribution in [3.63, 3.8) is 0 Å². The van der Waals surface area contributed by atoms with E-state index in [0.717, 1.165) is 55.5 Å². The highest BCUT2D eigenvalue weighted by Gasteiger charge is 2.19. The normalized spacial score (nSPS) is 14.9. The Kier molecular flexibility index (Phi) is 5.76. The van der Waals surface area contributed by atoms with Crippen molar-refractivity contribution < 1.29 is 9.47 Å². The van der Waals surface area contributed by atoms with Gasteiger partial charge >= 0.3 is 0 Å². The molecule has 1 aliphatic rings. The summed E-state index contributed by atoms with van der Waals surface area (Å²) in [6.07, 6.45) is 0. The lowest BCUT2D eigenvalue weighted by Crippen LogP contribution is -2.38. The number of ether oxygens (including phenoxy) is 2. The van der Waals surface area contributed by atoms with Gasteiger partial charge in [0.1, 0.15) is 5.75 Å². The van der Waals surface area contributed by atoms with E-state index >= 15 is 0 Å². The molecular formula is C16H22N4O2S. The van der Waals surface area contributed by atoms with Crippen LogP contribution < -0.4 is 9.64 Å². The number of hydrogen-bond acceptors (Lipinski definition) is 6. The minimum Gasteiger partial charge on any atom is -0.493 e. The minimum atomic E-state index is 0.651. The van der Waals surface area contributed by atoms with E-state index in [2.05, 4.69) is 26.6 Å². The molecule has 1 saturated heterocycles. The zero-order chi connectivity index (χ0) is 15.9. The van der Waals surface area contributed by atoms with Gasteiger partial charge in [0.25, 0.3) is 0 Å². The number of aromatic nitrogens is 3. The van der Waals surface area contributed by atoms with Crippen LogP contribution in [0.1, 0.15) is 6.92 Å². The third kappa shape index (κ3) is 4.17. The summed E-state index contributed by atoms with van der Waals surface area (Å²) >= 11 is 1.68. The lowest BCUT2D eigenvalue weighted by Gasteiger charge is -2.27. The van der Waals surface area contributed by atoms with Crippen LogP contribution >= 0.6 is 11.8 Å². The predicted octanol–water partition coefficient (Wildman–Crippen LogP) is 2.31. The number of anilines is 1. The number of nitrogens with zero attached hydrogens (tertiary/aromatic N) is 4. The van der Waals surface area contributed by atoms with Gasteiger partial charge in [-0.3, -0.25) is 4.57 Å². The fourth-order valence-corrected chi connectivity index (χ4v) is 3.29. The molecule has 0 radical (unpaired) electrons. The first-order chi connectivity index (χ1) is 11.4. The van der Waals surface area contributed by atoms with Gasteiger partial charge in [0.15, 0.2) is 5.16 Å². The molecule has 7 heteroatoms. The van der Waals surface area contributed by atoms with Crippen molar-refractivity contribution in [3.8, 4) is 5.75 Å². The van der Waals surface area contributed by atoms with Crippen LogP contribution in [-0.2, 0) is 11.3 Å². The molecule has 0 N–H and O–H groups in total. The lowest BCUT2D eigenvalue weighted by molar-refractivity contribution is 0.121. The van der Waals surface area contributed by atoms with Crippen LogP contribution in [0.15, 0.2) is 35.5 Å². The van der Waals surface area contributed by atoms with E-state index in [1.807, 2.05) is 30.3 Å². The molecular weight excluding hydrogens is 312 g/mol. The van der Waals surface area contributed by atoms with Gasteiger partial charge in [-0.05, 0) is 19.1 Å². The number of morpholine rings is 1. The Bertz CT molecular complexity index is 599. The van der Waals surface area contributed by atoms with E-state index in [-0.39, 0.29) is 0 Å². The maximum atomic E-state index is 5.72. The van der Waals surface area contributed by atoms with Crippen molar-refractivity contribution in [2.75, 3.05) is 43.6 Å². The van der Waals surface area contributed by atoms with Crippen LogP contribution in [0, 0.1) is 0 Å². The molecule has 3 rings (SSSR count). The van der Waals surface area contributed by atoms with E-state index in [1.54, 1.807) is 11.8 Å². The zero-order valence-electron chi connectivity index (χ0n) is 13.4. The third-order valence-electron chi connectivity index (χ3n) is 3.63. The number of rotatable bonds is 7. The maximum absolute atomic E-state index is 5.72. The van der Waals surface area contributed by atoms with Crippen molar-refractivity contribution >= 4 is 17.7 Å². The second-order valence-corrected chi connectivity index (χ2v) is 6.20. The Hall–Kier alpha value is -1.73. The van der Waals surface area contributed by atoms with E-state index < -0.39 is 0 Å². The molecule has 0 spiro atoms. The summed E-state index contributed by atoms with van der Waals surface area (Å²) in [5.41, 5.74) is 0. The maximum Gasteiger partial charge on any atom is 0.228 e. The van der Waals surface area contributed by atoms with Crippen molar-refractivity contribution in [1.29, 1.82) is 0 Å². The largest absolute Gasteiger partial charge is 0.493 e. The third-order valence-corrected chi connectivity index (χ3v) is 4.56. The summed E-state index contributed by atoms with van der Waals surface area (Å²) in [4.78, 5) is 2.24. The predicted molar refractivity (Wildman–Crippen MR) is 91.4 cm³/mol. The molecule has 1 fully saturated rings. The number of benzene rings is 1. The standard InChI is InChI=1S/C16H22N4O2S/c1-2-20-15(19-8-10-21-11-9-19)17-18-16(20)23-13-12-22-14-6-4-3-5-7-14/h3-7H,2,8-13H2,1H3. The summed E-state index contributed by atoms with van der Waals surface area (Å²) in [6, 6.07) is 9.87. The van der Waals surface area contributed by atoms with Crippen molar-refractivity contribution in [2.45, 2.75) is 18.6 Å². The Balaban J connectivity index is 1.54. The van der Waals surface area contributed by atoms with Crippen molar-refractivity contribution in [3.05, 3.63) is 30.3 Å². The summed E-state index contributed by atoms with van der Waals surface area (Å²) in [6.45, 7) is 6.89. The SMILES string of the molecule is CCn1c(SCCOc2ccccc2)nnc1N1CCOCC1. The number of thioether (sulfide) groups is 1. The molecule has 2 aromatic rings. The molecule has 6 nitrogen and oxygen atoms in total. The van der Waals surface area contributed by atoms with E-state index in [9.17, 15) is 0 Å². The highest BCUT2D eigenvalue weighted by molar-refractivity contribution is 7.99. The molecule has 0 saturated carbocycles. The molecule has 1 aromatic heterocycles. The average molecular weight is 334 g/mol. The summed E-state index contributed by atoms with van der Waals surface area (Å²) in [7, 11) is 0. The summed E-state index contributed by atoms with van der Waals surface area (Å²) in [5, 5.41) is 9.66. The topological polar surface area (TPSA) is 52.4 Å². The van der Waals surface area contributed by atoms with Gasteiger partial charge in [0, 0.05) is 25.4 Å². The molecule has 124 valence electrons. The second-order valence-electron chi connectivity index (χ2n) is 5.14. The molecule has 0 bridgehead atoms. The average Bonchev–Trinajstić information content (AvgIpc) is 3.03. The first kappa shape index (κ1) is 16.1. The molecule has 1 aliphatic heterocycles. The fraction of sp³-hybridized carbons (Fsp3) is 0.500. The molecule has 2 heterocycles. The smallest absolute Gasteiger partial charge is 0.228 e. The van der Waals surface area contributed by atoms with Crippen LogP contribution in [0.2, 0.25) is 0 Å². The Morgan fingerprint density at radius 2 is 1.96 bits per heavy atom. The van der Waals surface area contributed by atoms with E-state index in [1.165, 1.54) is 0 Å². The van der Waals surface area contributed by atoms with Crippen LogP contribution in [0.4, 0.5) is 5.95 Å². The van der Waals surface area contributed by atoms with Crippen LogP contribution in [0.3, 0.4) is 0 Å². The Labute approximate surface area is 140 Å². The molecule has 0 amide bonds. The van der Waals surface area contributed by atoms with Crippen LogP contribution in [0.25, 0.3) is 0 Å². The fourth-order valence-electron chi connectivity index (χ4n) is 2.47. The summed E-state index contributed by atoms with van der Waals surface area (Å²) < 4.78 is 13.3. The van der Waals surface area contributed by atoms with Gasteiger partial charge < -0.3 is 14.4 Å². The van der Waals surface area contributed by atoms with Gasteiger partial charge in [-0.1, -0.05) is 30.0 Å². The Morgan fingerprint density at radius 3 is 2.70 bits per heavy atom. The highest BCUT2D eigenvalue weighted by atomic mass is 32.2. The first-order valence-electron chi connectivity index (χ1n) is 7.95. The lowest BCUT2D eigenvalue weighted by atomic mass is 10.3. The highest BCUT2D eigenvalue weighted by Crippen LogP contribution is 2.22. The van der Waals surface area contributed by atoms with E-state index in [0.29, 0.717) is 6.61 Å². The minimum absolute atomic E-state index is 0.651. The second kappa shape index (κ2) is 8.21. The first-order valence-corrected chi connectivity index (χ1v) is 8.93.